The molecule has 2 rings (SSSR count). The Morgan fingerprint density at radius 2 is 2.13 bits per heavy atom. The number of hydrogen-bond acceptors (Lipinski definition) is 5. The number of aliphatic hydroxyl groups excluding tert-OH is 1. The molecule has 0 aliphatic rings. The molecular weight excluding hydrogens is 328 g/mol. The van der Waals surface area contributed by atoms with Crippen LogP contribution < -0.4 is 10.1 Å². The third-order valence-electron chi connectivity index (χ3n) is 3.07. The van der Waals surface area contributed by atoms with E-state index in [0.717, 1.165) is 0 Å². The molecule has 23 heavy (non-hydrogen) atoms. The van der Waals surface area contributed by atoms with Gasteiger partial charge in [0.1, 0.15) is 10.9 Å². The molecule has 0 saturated heterocycles. The standard InChI is InChI=1S/C15H16ClF2N3O2/c1-9(3-5-22)21-13-7-14(16)20-8-11(13)12-6-10(2-4-19-12)23-15(17)18/h2,4,6-9,15,22H,3,5H2,1H3,(H,20,21)/t9-/m0/s1. The first-order valence-corrected chi connectivity index (χ1v) is 7.31. The van der Waals surface area contributed by atoms with E-state index < -0.39 is 6.61 Å². The van der Waals surface area contributed by atoms with E-state index in [1.807, 2.05) is 6.92 Å². The summed E-state index contributed by atoms with van der Waals surface area (Å²) in [5.41, 5.74) is 1.66. The Kier molecular flexibility index (Phi) is 6.06. The molecule has 0 spiro atoms. The molecule has 0 aliphatic carbocycles. The first-order chi connectivity index (χ1) is 11.0. The molecule has 2 N–H and O–H groups in total. The summed E-state index contributed by atoms with van der Waals surface area (Å²) in [4.78, 5) is 8.17. The first-order valence-electron chi connectivity index (χ1n) is 6.93. The van der Waals surface area contributed by atoms with Crippen LogP contribution in [-0.4, -0.2) is 34.3 Å². The van der Waals surface area contributed by atoms with Crippen LogP contribution in [0.5, 0.6) is 5.75 Å². The number of nitrogens with zero attached hydrogens (tertiary/aromatic N) is 2. The van der Waals surface area contributed by atoms with Crippen LogP contribution in [-0.2, 0) is 0 Å². The minimum atomic E-state index is -2.91. The van der Waals surface area contributed by atoms with Crippen molar-refractivity contribution in [2.45, 2.75) is 26.0 Å². The summed E-state index contributed by atoms with van der Waals surface area (Å²) in [5, 5.41) is 12.5. The number of hydrogen-bond donors (Lipinski definition) is 2. The predicted molar refractivity (Wildman–Crippen MR) is 83.9 cm³/mol. The molecule has 0 aromatic carbocycles. The zero-order chi connectivity index (χ0) is 16.8. The van der Waals surface area contributed by atoms with Crippen LogP contribution in [0.15, 0.2) is 30.6 Å². The maximum absolute atomic E-state index is 12.3. The van der Waals surface area contributed by atoms with Crippen LogP contribution in [0.1, 0.15) is 13.3 Å². The van der Waals surface area contributed by atoms with Crippen molar-refractivity contribution in [1.29, 1.82) is 0 Å². The fourth-order valence-electron chi connectivity index (χ4n) is 2.02. The fraction of sp³-hybridized carbons (Fsp3) is 0.333. The van der Waals surface area contributed by atoms with E-state index in [-0.39, 0.29) is 23.6 Å². The SMILES string of the molecule is C[C@@H](CCO)Nc1cc(Cl)ncc1-c1cc(OC(F)F)ccn1. The molecule has 0 fully saturated rings. The fourth-order valence-corrected chi connectivity index (χ4v) is 2.18. The van der Waals surface area contributed by atoms with E-state index in [2.05, 4.69) is 20.0 Å². The number of pyridine rings is 2. The second kappa shape index (κ2) is 8.03. The van der Waals surface area contributed by atoms with Crippen molar-refractivity contribution in [1.82, 2.24) is 9.97 Å². The van der Waals surface area contributed by atoms with E-state index in [4.69, 9.17) is 16.7 Å². The lowest BCUT2D eigenvalue weighted by Gasteiger charge is -2.17. The molecule has 0 amide bonds. The monoisotopic (exact) mass is 343 g/mol. The van der Waals surface area contributed by atoms with Crippen molar-refractivity contribution in [3.05, 3.63) is 35.7 Å². The number of alkyl halides is 2. The number of anilines is 1. The Morgan fingerprint density at radius 1 is 1.35 bits per heavy atom. The van der Waals surface area contributed by atoms with Crippen LogP contribution in [0.4, 0.5) is 14.5 Å². The van der Waals surface area contributed by atoms with E-state index >= 15 is 0 Å². The summed E-state index contributed by atoms with van der Waals surface area (Å²) in [6.45, 7) is -0.966. The highest BCUT2D eigenvalue weighted by Crippen LogP contribution is 2.30. The minimum Gasteiger partial charge on any atom is -0.435 e. The van der Waals surface area contributed by atoms with Gasteiger partial charge >= 0.3 is 6.61 Å². The van der Waals surface area contributed by atoms with Gasteiger partial charge in [0, 0.05) is 42.4 Å². The summed E-state index contributed by atoms with van der Waals surface area (Å²) in [6.07, 6.45) is 3.43. The molecule has 1 atom stereocenters. The van der Waals surface area contributed by atoms with Gasteiger partial charge in [0.15, 0.2) is 0 Å². The molecule has 2 aromatic heterocycles. The summed E-state index contributed by atoms with van der Waals surface area (Å²) in [6, 6.07) is 4.35. The Bertz CT molecular complexity index is 658. The van der Waals surface area contributed by atoms with Gasteiger partial charge < -0.3 is 15.2 Å². The summed E-state index contributed by atoms with van der Waals surface area (Å²) in [5.74, 6) is 0.00862. The molecule has 0 unspecified atom stereocenters. The van der Waals surface area contributed by atoms with E-state index in [1.54, 1.807) is 6.07 Å². The lowest BCUT2D eigenvalue weighted by Crippen LogP contribution is -2.17. The third kappa shape index (κ3) is 5.01. The lowest BCUT2D eigenvalue weighted by atomic mass is 10.1. The molecule has 0 aliphatic heterocycles. The number of ether oxygens (including phenoxy) is 1. The molecule has 2 aromatic rings. The number of aliphatic hydroxyl groups is 1. The molecule has 0 saturated carbocycles. The van der Waals surface area contributed by atoms with E-state index in [0.29, 0.717) is 23.4 Å². The Balaban J connectivity index is 2.35. The van der Waals surface area contributed by atoms with Gasteiger partial charge in [0.05, 0.1) is 5.69 Å². The number of aromatic nitrogens is 2. The normalized spacial score (nSPS) is 12.3. The van der Waals surface area contributed by atoms with Crippen LogP contribution >= 0.6 is 11.6 Å². The molecule has 0 radical (unpaired) electrons. The van der Waals surface area contributed by atoms with Crippen molar-refractivity contribution < 1.29 is 18.6 Å². The van der Waals surface area contributed by atoms with Gasteiger partial charge in [-0.25, -0.2) is 4.98 Å². The summed E-state index contributed by atoms with van der Waals surface area (Å²) in [7, 11) is 0. The molecule has 8 heteroatoms. The maximum atomic E-state index is 12.3. The van der Waals surface area contributed by atoms with E-state index in [9.17, 15) is 8.78 Å². The van der Waals surface area contributed by atoms with Gasteiger partial charge in [-0.3, -0.25) is 4.98 Å². The Labute approximate surface area is 137 Å². The van der Waals surface area contributed by atoms with Crippen LogP contribution in [0, 0.1) is 0 Å². The maximum Gasteiger partial charge on any atom is 0.387 e. The van der Waals surface area contributed by atoms with Crippen LogP contribution in [0.25, 0.3) is 11.3 Å². The second-order valence-corrected chi connectivity index (χ2v) is 5.25. The van der Waals surface area contributed by atoms with Crippen LogP contribution in [0.3, 0.4) is 0 Å². The third-order valence-corrected chi connectivity index (χ3v) is 3.27. The average molecular weight is 344 g/mol. The highest BCUT2D eigenvalue weighted by molar-refractivity contribution is 6.29. The number of rotatable bonds is 7. The molecule has 124 valence electrons. The highest BCUT2D eigenvalue weighted by Gasteiger charge is 2.13. The second-order valence-electron chi connectivity index (χ2n) is 4.87. The van der Waals surface area contributed by atoms with Crippen LogP contribution in [0.2, 0.25) is 5.15 Å². The van der Waals surface area contributed by atoms with Crippen molar-refractivity contribution in [2.24, 2.45) is 0 Å². The quantitative estimate of drug-likeness (QED) is 0.752. The van der Waals surface area contributed by atoms with Gasteiger partial charge in [0.2, 0.25) is 0 Å². The average Bonchev–Trinajstić information content (AvgIpc) is 2.47. The Hall–Kier alpha value is -1.99. The van der Waals surface area contributed by atoms with Gasteiger partial charge in [0.25, 0.3) is 0 Å². The molecule has 2 heterocycles. The van der Waals surface area contributed by atoms with Gasteiger partial charge in [-0.05, 0) is 25.5 Å². The number of halogens is 3. The first kappa shape index (κ1) is 17.4. The van der Waals surface area contributed by atoms with Crippen molar-refractivity contribution in [3.8, 4) is 17.0 Å². The smallest absolute Gasteiger partial charge is 0.387 e. The minimum absolute atomic E-state index is 0.00862. The molecular formula is C15H16ClF2N3O2. The van der Waals surface area contributed by atoms with Gasteiger partial charge in [-0.2, -0.15) is 8.78 Å². The Morgan fingerprint density at radius 3 is 2.83 bits per heavy atom. The van der Waals surface area contributed by atoms with Crippen molar-refractivity contribution in [3.63, 3.8) is 0 Å². The molecule has 0 bridgehead atoms. The van der Waals surface area contributed by atoms with Gasteiger partial charge in [-0.1, -0.05) is 11.6 Å². The van der Waals surface area contributed by atoms with Crippen molar-refractivity contribution >= 4 is 17.3 Å². The predicted octanol–water partition coefficient (Wildman–Crippen LogP) is 3.58. The summed E-state index contributed by atoms with van der Waals surface area (Å²) < 4.78 is 29.1. The lowest BCUT2D eigenvalue weighted by molar-refractivity contribution is -0.0498. The van der Waals surface area contributed by atoms with Gasteiger partial charge in [-0.15, -0.1) is 0 Å². The zero-order valence-electron chi connectivity index (χ0n) is 12.3. The summed E-state index contributed by atoms with van der Waals surface area (Å²) >= 11 is 5.92. The highest BCUT2D eigenvalue weighted by atomic mass is 35.5. The van der Waals surface area contributed by atoms with E-state index in [1.165, 1.54) is 24.5 Å². The largest absolute Gasteiger partial charge is 0.435 e. The van der Waals surface area contributed by atoms with Crippen molar-refractivity contribution in [2.75, 3.05) is 11.9 Å². The topological polar surface area (TPSA) is 67.3 Å². The molecule has 5 nitrogen and oxygen atoms in total. The zero-order valence-corrected chi connectivity index (χ0v) is 13.1. The number of nitrogens with one attached hydrogen (secondary N) is 1.